The molecule has 3 aromatic heterocycles. The number of hydrogen-bond donors (Lipinski definition) is 1. The lowest BCUT2D eigenvalue weighted by molar-refractivity contribution is -0.0877. The molecule has 1 N–H and O–H groups in total. The predicted octanol–water partition coefficient (Wildman–Crippen LogP) is 5.62. The number of nitrogens with one attached hydrogen (secondary N) is 1. The first-order chi connectivity index (χ1) is 14.8. The second-order valence-corrected chi connectivity index (χ2v) is 10.3. The molecule has 0 saturated carbocycles. The Morgan fingerprint density at radius 1 is 1.17 bits per heavy atom. The Morgan fingerprint density at radius 2 is 2.10 bits per heavy atom. The van der Waals surface area contributed by atoms with Gasteiger partial charge in [-0.25, -0.2) is 9.97 Å². The van der Waals surface area contributed by atoms with Gasteiger partial charge in [0.1, 0.15) is 4.83 Å². The fourth-order valence-electron chi connectivity index (χ4n) is 4.82. The number of fused-ring (bicyclic) bond motifs is 2. The molecule has 0 spiro atoms. The molecule has 0 radical (unpaired) electrons. The van der Waals surface area contributed by atoms with Crippen LogP contribution in [0.4, 0.5) is 11.4 Å². The van der Waals surface area contributed by atoms with Crippen molar-refractivity contribution in [3.63, 3.8) is 0 Å². The maximum absolute atomic E-state index is 5.46. The van der Waals surface area contributed by atoms with Crippen molar-refractivity contribution in [1.29, 1.82) is 0 Å². The molecule has 1 aromatic carbocycles. The highest BCUT2D eigenvalue weighted by molar-refractivity contribution is 7.18. The highest BCUT2D eigenvalue weighted by atomic mass is 32.1. The molecule has 5 nitrogen and oxygen atoms in total. The van der Waals surface area contributed by atoms with Gasteiger partial charge in [-0.05, 0) is 56.6 Å². The Morgan fingerprint density at radius 3 is 2.97 bits per heavy atom. The Kier molecular flexibility index (Phi) is 4.71. The number of hydrogen-bond acceptors (Lipinski definition) is 7. The molecule has 154 valence electrons. The van der Waals surface area contributed by atoms with E-state index in [1.54, 1.807) is 11.3 Å². The van der Waals surface area contributed by atoms with Crippen molar-refractivity contribution in [2.45, 2.75) is 37.8 Å². The van der Waals surface area contributed by atoms with E-state index in [4.69, 9.17) is 4.74 Å². The van der Waals surface area contributed by atoms with E-state index in [1.165, 1.54) is 34.3 Å². The zero-order chi connectivity index (χ0) is 20.1. The van der Waals surface area contributed by atoms with Crippen LogP contribution in [0.1, 0.15) is 30.6 Å². The van der Waals surface area contributed by atoms with Crippen LogP contribution >= 0.6 is 22.7 Å². The number of ether oxygens (including phenoxy) is 1. The van der Waals surface area contributed by atoms with Crippen LogP contribution in [0.2, 0.25) is 0 Å². The third kappa shape index (κ3) is 3.21. The van der Waals surface area contributed by atoms with Crippen molar-refractivity contribution < 1.29 is 4.74 Å². The van der Waals surface area contributed by atoms with Gasteiger partial charge in [-0.2, -0.15) is 0 Å². The van der Waals surface area contributed by atoms with Gasteiger partial charge in [0, 0.05) is 34.1 Å². The van der Waals surface area contributed by atoms with Crippen LogP contribution in [0, 0.1) is 0 Å². The largest absolute Gasteiger partial charge is 0.378 e. The molecule has 0 bridgehead atoms. The summed E-state index contributed by atoms with van der Waals surface area (Å²) >= 11 is 3.53. The summed E-state index contributed by atoms with van der Waals surface area (Å²) in [5.74, 6) is 0.567. The molecule has 0 amide bonds. The zero-order valence-electron chi connectivity index (χ0n) is 16.9. The van der Waals surface area contributed by atoms with E-state index >= 15 is 0 Å². The van der Waals surface area contributed by atoms with Gasteiger partial charge in [-0.15, -0.1) is 22.7 Å². The fourth-order valence-corrected chi connectivity index (χ4v) is 6.74. The van der Waals surface area contributed by atoms with Crippen molar-refractivity contribution in [3.05, 3.63) is 46.9 Å². The summed E-state index contributed by atoms with van der Waals surface area (Å²) in [6, 6.07) is 12.0. The SMILES string of the molecule is CC1C(c2cc3c(Nc4ccc5scnc5c4)ccnc3s2)CCCN1C1COC1. The number of rotatable bonds is 4. The van der Waals surface area contributed by atoms with E-state index in [0.29, 0.717) is 18.0 Å². The summed E-state index contributed by atoms with van der Waals surface area (Å²) in [4.78, 5) is 14.4. The summed E-state index contributed by atoms with van der Waals surface area (Å²) in [6.07, 6.45) is 4.42. The van der Waals surface area contributed by atoms with Crippen LogP contribution in [0.15, 0.2) is 42.0 Å². The lowest BCUT2D eigenvalue weighted by Gasteiger charge is -2.46. The van der Waals surface area contributed by atoms with Crippen LogP contribution in [-0.2, 0) is 4.74 Å². The molecule has 2 aliphatic heterocycles. The summed E-state index contributed by atoms with van der Waals surface area (Å²) in [7, 11) is 0. The molecular formula is C23H24N4OS2. The van der Waals surface area contributed by atoms with Crippen molar-refractivity contribution in [1.82, 2.24) is 14.9 Å². The molecule has 4 aromatic rings. The average molecular weight is 437 g/mol. The smallest absolute Gasteiger partial charge is 0.125 e. The normalized spacial score (nSPS) is 23.1. The standard InChI is InChI=1S/C23H24N4OS2/c1-14-17(3-2-8-27(14)16-11-28-12-16)22-10-18-19(6-7-24-23(18)30-22)26-15-4-5-21-20(9-15)25-13-29-21/h4-7,9-10,13-14,16-17H,2-3,8,11-12H2,1H3,(H,24,26). The van der Waals surface area contributed by atoms with Gasteiger partial charge in [0.05, 0.1) is 40.7 Å². The number of thiophene rings is 1. The van der Waals surface area contributed by atoms with Crippen LogP contribution in [0.25, 0.3) is 20.4 Å². The van der Waals surface area contributed by atoms with Gasteiger partial charge in [-0.1, -0.05) is 0 Å². The van der Waals surface area contributed by atoms with Crippen molar-refractivity contribution in [2.75, 3.05) is 25.1 Å². The number of pyridine rings is 1. The highest BCUT2D eigenvalue weighted by Gasteiger charge is 2.37. The molecule has 2 saturated heterocycles. The molecule has 2 aliphatic rings. The van der Waals surface area contributed by atoms with Crippen LogP contribution in [-0.4, -0.2) is 46.7 Å². The van der Waals surface area contributed by atoms with Crippen molar-refractivity contribution in [3.8, 4) is 0 Å². The first-order valence-electron chi connectivity index (χ1n) is 10.6. The third-order valence-corrected chi connectivity index (χ3v) is 8.54. The second kappa shape index (κ2) is 7.57. The number of thiazole rings is 1. The summed E-state index contributed by atoms with van der Waals surface area (Å²) in [5, 5.41) is 4.82. The van der Waals surface area contributed by atoms with Gasteiger partial charge < -0.3 is 10.1 Å². The molecular weight excluding hydrogens is 412 g/mol. The summed E-state index contributed by atoms with van der Waals surface area (Å²) < 4.78 is 6.67. The molecule has 6 rings (SSSR count). The fraction of sp³-hybridized carbons (Fsp3) is 0.391. The van der Waals surface area contributed by atoms with E-state index in [0.717, 1.165) is 34.9 Å². The predicted molar refractivity (Wildman–Crippen MR) is 125 cm³/mol. The molecule has 0 aliphatic carbocycles. The van der Waals surface area contributed by atoms with E-state index in [1.807, 2.05) is 23.0 Å². The van der Waals surface area contributed by atoms with Gasteiger partial charge in [-0.3, -0.25) is 4.90 Å². The molecule has 5 heterocycles. The topological polar surface area (TPSA) is 50.3 Å². The van der Waals surface area contributed by atoms with Crippen LogP contribution in [0.5, 0.6) is 0 Å². The lowest BCUT2D eigenvalue weighted by atomic mass is 9.87. The van der Waals surface area contributed by atoms with E-state index < -0.39 is 0 Å². The summed E-state index contributed by atoms with van der Waals surface area (Å²) in [6.45, 7) is 5.37. The molecule has 7 heteroatoms. The Labute approximate surface area is 183 Å². The van der Waals surface area contributed by atoms with Crippen molar-refractivity contribution in [2.24, 2.45) is 0 Å². The zero-order valence-corrected chi connectivity index (χ0v) is 18.5. The second-order valence-electron chi connectivity index (χ2n) is 8.30. The minimum absolute atomic E-state index is 0.546. The molecule has 2 fully saturated rings. The lowest BCUT2D eigenvalue weighted by Crippen LogP contribution is -2.56. The molecule has 30 heavy (non-hydrogen) atoms. The maximum atomic E-state index is 5.46. The van der Waals surface area contributed by atoms with Gasteiger partial charge in [0.2, 0.25) is 0 Å². The Balaban J connectivity index is 1.31. The average Bonchev–Trinajstić information content (AvgIpc) is 3.35. The number of anilines is 2. The number of aromatic nitrogens is 2. The van der Waals surface area contributed by atoms with Crippen molar-refractivity contribution >= 4 is 54.5 Å². The van der Waals surface area contributed by atoms with E-state index in [-0.39, 0.29) is 0 Å². The van der Waals surface area contributed by atoms with Gasteiger partial charge >= 0.3 is 0 Å². The molecule has 2 unspecified atom stereocenters. The minimum Gasteiger partial charge on any atom is -0.378 e. The Bertz CT molecular complexity index is 1200. The maximum Gasteiger partial charge on any atom is 0.125 e. The number of benzene rings is 1. The van der Waals surface area contributed by atoms with Crippen LogP contribution < -0.4 is 5.32 Å². The number of nitrogens with zero attached hydrogens (tertiary/aromatic N) is 3. The number of likely N-dealkylation sites (tertiary alicyclic amines) is 1. The quantitative estimate of drug-likeness (QED) is 0.450. The first-order valence-corrected chi connectivity index (χ1v) is 12.3. The summed E-state index contributed by atoms with van der Waals surface area (Å²) in [5.41, 5.74) is 5.12. The number of piperidine rings is 1. The monoisotopic (exact) mass is 436 g/mol. The minimum atomic E-state index is 0.546. The van der Waals surface area contributed by atoms with E-state index in [2.05, 4.69) is 57.4 Å². The molecule has 2 atom stereocenters. The third-order valence-electron chi connectivity index (χ3n) is 6.56. The Hall–Kier alpha value is -2.06. The van der Waals surface area contributed by atoms with Gasteiger partial charge in [0.15, 0.2) is 0 Å². The first kappa shape index (κ1) is 18.7. The van der Waals surface area contributed by atoms with E-state index in [9.17, 15) is 0 Å². The van der Waals surface area contributed by atoms with Crippen LogP contribution in [0.3, 0.4) is 0 Å². The highest BCUT2D eigenvalue weighted by Crippen LogP contribution is 2.41. The van der Waals surface area contributed by atoms with Gasteiger partial charge in [0.25, 0.3) is 0 Å².